The highest BCUT2D eigenvalue weighted by atomic mass is 35.5. The van der Waals surface area contributed by atoms with Crippen LogP contribution in [-0.2, 0) is 10.0 Å². The number of hydrogen-bond acceptors (Lipinski definition) is 4. The Hall–Kier alpha value is -1.86. The molecule has 0 unspecified atom stereocenters. The van der Waals surface area contributed by atoms with Gasteiger partial charge in [0.1, 0.15) is 0 Å². The van der Waals surface area contributed by atoms with Gasteiger partial charge in [0.15, 0.2) is 0 Å². The number of sulfonamides is 1. The Labute approximate surface area is 120 Å². The molecule has 1 heterocycles. The molecular formula is C12H11ClFN3O2S. The Kier molecular flexibility index (Phi) is 3.82. The van der Waals surface area contributed by atoms with E-state index < -0.39 is 16.0 Å². The van der Waals surface area contributed by atoms with Gasteiger partial charge in [-0.25, -0.2) is 13.4 Å². The number of nitrogens with two attached hydrogens (primary N) is 1. The van der Waals surface area contributed by atoms with Crippen LogP contribution in [0.1, 0.15) is 5.56 Å². The van der Waals surface area contributed by atoms with Crippen LogP contribution in [0.5, 0.6) is 0 Å². The quantitative estimate of drug-likeness (QED) is 0.673. The summed E-state index contributed by atoms with van der Waals surface area (Å²) in [4.78, 5) is 3.38. The Morgan fingerprint density at radius 2 is 2.05 bits per heavy atom. The molecule has 2 rings (SSSR count). The van der Waals surface area contributed by atoms with E-state index in [0.717, 1.165) is 12.3 Å². The molecule has 0 saturated heterocycles. The molecule has 1 aromatic carbocycles. The van der Waals surface area contributed by atoms with Gasteiger partial charge in [-0.15, -0.1) is 0 Å². The van der Waals surface area contributed by atoms with Crippen molar-refractivity contribution in [2.45, 2.75) is 11.8 Å². The third-order valence-corrected chi connectivity index (χ3v) is 4.41. The van der Waals surface area contributed by atoms with Crippen LogP contribution in [0.2, 0.25) is 5.02 Å². The molecule has 0 radical (unpaired) electrons. The lowest BCUT2D eigenvalue weighted by Crippen LogP contribution is -2.15. The number of pyridine rings is 1. The molecule has 1 aromatic heterocycles. The Bertz CT molecular complexity index is 748. The lowest BCUT2D eigenvalue weighted by molar-refractivity contribution is 0.583. The van der Waals surface area contributed by atoms with Crippen LogP contribution in [-0.4, -0.2) is 13.4 Å². The molecule has 5 nitrogen and oxygen atoms in total. The normalized spacial score (nSPS) is 11.3. The first kappa shape index (κ1) is 14.5. The summed E-state index contributed by atoms with van der Waals surface area (Å²) in [7, 11) is -3.85. The third kappa shape index (κ3) is 3.00. The van der Waals surface area contributed by atoms with Gasteiger partial charge in [-0.2, -0.15) is 4.39 Å². The van der Waals surface area contributed by atoms with Crippen LogP contribution in [0.25, 0.3) is 0 Å². The van der Waals surface area contributed by atoms with Crippen molar-refractivity contribution < 1.29 is 12.8 Å². The van der Waals surface area contributed by atoms with Crippen LogP contribution in [0, 0.1) is 12.9 Å². The molecule has 0 aliphatic carbocycles. The van der Waals surface area contributed by atoms with E-state index in [1.54, 1.807) is 6.92 Å². The highest BCUT2D eigenvalue weighted by molar-refractivity contribution is 7.92. The first-order chi connectivity index (χ1) is 9.29. The zero-order valence-electron chi connectivity index (χ0n) is 10.4. The van der Waals surface area contributed by atoms with Crippen LogP contribution < -0.4 is 10.5 Å². The number of nitrogens with zero attached hydrogens (tertiary/aromatic N) is 1. The average molecular weight is 316 g/mol. The molecule has 0 bridgehead atoms. The second kappa shape index (κ2) is 5.26. The predicted octanol–water partition coefficient (Wildman–Crippen LogP) is 2.57. The highest BCUT2D eigenvalue weighted by Gasteiger charge is 2.18. The van der Waals surface area contributed by atoms with E-state index in [1.165, 1.54) is 18.2 Å². The number of anilines is 2. The summed E-state index contributed by atoms with van der Waals surface area (Å²) in [5, 5.41) is 0.282. The molecule has 0 spiro atoms. The number of aromatic nitrogens is 1. The largest absolute Gasteiger partial charge is 0.397 e. The van der Waals surface area contributed by atoms with Gasteiger partial charge in [0.2, 0.25) is 5.95 Å². The van der Waals surface area contributed by atoms with Gasteiger partial charge in [0, 0.05) is 0 Å². The van der Waals surface area contributed by atoms with Gasteiger partial charge in [-0.1, -0.05) is 11.6 Å². The number of halogens is 2. The van der Waals surface area contributed by atoms with E-state index >= 15 is 0 Å². The number of benzene rings is 1. The Morgan fingerprint density at radius 3 is 2.65 bits per heavy atom. The van der Waals surface area contributed by atoms with Crippen molar-refractivity contribution >= 4 is 33.0 Å². The molecular weight excluding hydrogens is 305 g/mol. The predicted molar refractivity (Wildman–Crippen MR) is 75.6 cm³/mol. The molecule has 0 aliphatic heterocycles. The molecule has 106 valence electrons. The lowest BCUT2D eigenvalue weighted by atomic mass is 10.2. The summed E-state index contributed by atoms with van der Waals surface area (Å²) in [6.07, 6.45) is 1.08. The maximum atomic E-state index is 12.7. The molecule has 0 aliphatic rings. The molecule has 3 N–H and O–H groups in total. The van der Waals surface area contributed by atoms with E-state index in [9.17, 15) is 12.8 Å². The van der Waals surface area contributed by atoms with Crippen molar-refractivity contribution in [3.05, 3.63) is 47.0 Å². The zero-order valence-corrected chi connectivity index (χ0v) is 12.0. The number of nitrogen functional groups attached to an aromatic ring is 1. The summed E-state index contributed by atoms with van der Waals surface area (Å²) in [6.45, 7) is 1.60. The molecule has 0 atom stereocenters. The first-order valence-corrected chi connectivity index (χ1v) is 7.36. The molecule has 2 aromatic rings. The van der Waals surface area contributed by atoms with Gasteiger partial charge in [0.05, 0.1) is 27.5 Å². The van der Waals surface area contributed by atoms with E-state index in [0.29, 0.717) is 5.56 Å². The van der Waals surface area contributed by atoms with Gasteiger partial charge in [-0.05, 0) is 36.8 Å². The van der Waals surface area contributed by atoms with Crippen molar-refractivity contribution in [3.63, 3.8) is 0 Å². The Balaban J connectivity index is 2.40. The van der Waals surface area contributed by atoms with E-state index in [4.69, 9.17) is 17.3 Å². The maximum Gasteiger partial charge on any atom is 0.262 e. The smallest absolute Gasteiger partial charge is 0.262 e. The summed E-state index contributed by atoms with van der Waals surface area (Å²) in [6, 6.07) is 5.07. The van der Waals surface area contributed by atoms with Gasteiger partial charge in [0.25, 0.3) is 10.0 Å². The van der Waals surface area contributed by atoms with Gasteiger partial charge >= 0.3 is 0 Å². The standard InChI is InChI=1S/C12H11ClFN3O2S/c1-7-4-9(13)10(15)5-11(7)20(18,19)17-8-2-3-12(14)16-6-8/h2-6,17H,15H2,1H3. The maximum absolute atomic E-state index is 12.7. The van der Waals surface area contributed by atoms with Crippen LogP contribution >= 0.6 is 11.6 Å². The van der Waals surface area contributed by atoms with Crippen molar-refractivity contribution in [3.8, 4) is 0 Å². The van der Waals surface area contributed by atoms with Crippen LogP contribution in [0.3, 0.4) is 0 Å². The fraction of sp³-hybridized carbons (Fsp3) is 0.0833. The van der Waals surface area contributed by atoms with Crippen molar-refractivity contribution in [1.29, 1.82) is 0 Å². The van der Waals surface area contributed by atoms with Crippen molar-refractivity contribution in [1.82, 2.24) is 4.98 Å². The number of nitrogens with one attached hydrogen (secondary N) is 1. The van der Waals surface area contributed by atoms with Crippen molar-refractivity contribution in [2.24, 2.45) is 0 Å². The van der Waals surface area contributed by atoms with Gasteiger partial charge < -0.3 is 5.73 Å². The molecule has 0 amide bonds. The second-order valence-corrected chi connectivity index (χ2v) is 6.17. The second-order valence-electron chi connectivity index (χ2n) is 4.11. The fourth-order valence-electron chi connectivity index (χ4n) is 1.60. The average Bonchev–Trinajstić information content (AvgIpc) is 2.36. The minimum absolute atomic E-state index is 0.00345. The monoisotopic (exact) mass is 315 g/mol. The molecule has 0 saturated carbocycles. The SMILES string of the molecule is Cc1cc(Cl)c(N)cc1S(=O)(=O)Nc1ccc(F)nc1. The summed E-state index contributed by atoms with van der Waals surface area (Å²) in [5.41, 5.74) is 6.38. The third-order valence-electron chi connectivity index (χ3n) is 2.56. The number of hydrogen-bond donors (Lipinski definition) is 2. The van der Waals surface area contributed by atoms with Gasteiger partial charge in [-0.3, -0.25) is 4.72 Å². The minimum atomic E-state index is -3.85. The summed E-state index contributed by atoms with van der Waals surface area (Å²) >= 11 is 5.82. The fourth-order valence-corrected chi connectivity index (χ4v) is 3.13. The van der Waals surface area contributed by atoms with Crippen molar-refractivity contribution in [2.75, 3.05) is 10.5 Å². The summed E-state index contributed by atoms with van der Waals surface area (Å²) < 4.78 is 39.5. The Morgan fingerprint density at radius 1 is 1.35 bits per heavy atom. The number of aryl methyl sites for hydroxylation is 1. The lowest BCUT2D eigenvalue weighted by Gasteiger charge is -2.11. The van der Waals surface area contributed by atoms with E-state index in [2.05, 4.69) is 9.71 Å². The number of rotatable bonds is 3. The molecule has 20 heavy (non-hydrogen) atoms. The summed E-state index contributed by atoms with van der Waals surface area (Å²) in [5.74, 6) is -0.695. The highest BCUT2D eigenvalue weighted by Crippen LogP contribution is 2.27. The molecule has 8 heteroatoms. The van der Waals surface area contributed by atoms with E-state index in [1.807, 2.05) is 0 Å². The topological polar surface area (TPSA) is 85.1 Å². The van der Waals surface area contributed by atoms with Crippen LogP contribution in [0.4, 0.5) is 15.8 Å². The molecule has 0 fully saturated rings. The van der Waals surface area contributed by atoms with E-state index in [-0.39, 0.29) is 21.3 Å². The first-order valence-electron chi connectivity index (χ1n) is 5.49. The minimum Gasteiger partial charge on any atom is -0.397 e. The zero-order chi connectivity index (χ0) is 14.9. The van der Waals surface area contributed by atoms with Crippen LogP contribution in [0.15, 0.2) is 35.4 Å².